The second-order valence-electron chi connectivity index (χ2n) is 3.50. The number of nitrogens with zero attached hydrogens (tertiary/aromatic N) is 1. The van der Waals surface area contributed by atoms with Gasteiger partial charge in [0.05, 0.1) is 18.7 Å². The van der Waals surface area contributed by atoms with Gasteiger partial charge in [-0.25, -0.2) is 0 Å². The van der Waals surface area contributed by atoms with E-state index in [4.69, 9.17) is 4.74 Å². The molecular weight excluding hydrogens is 180 g/mol. The van der Waals surface area contributed by atoms with Crippen LogP contribution >= 0.6 is 0 Å². The predicted octanol–water partition coefficient (Wildman–Crippen LogP) is 1.39. The van der Waals surface area contributed by atoms with Crippen molar-refractivity contribution in [3.8, 4) is 0 Å². The van der Waals surface area contributed by atoms with Gasteiger partial charge in [-0.15, -0.1) is 0 Å². The zero-order valence-electron chi connectivity index (χ0n) is 8.25. The fraction of sp³-hybridized carbons (Fsp3) is 0.600. The molecule has 1 aliphatic rings. The highest BCUT2D eigenvalue weighted by Gasteiger charge is 2.28. The lowest BCUT2D eigenvalue weighted by atomic mass is 9.87. The monoisotopic (exact) mass is 194 g/mol. The average Bonchev–Trinajstić information content (AvgIpc) is 2.65. The van der Waals surface area contributed by atoms with Gasteiger partial charge in [0.2, 0.25) is 0 Å². The molecule has 0 radical (unpaired) electrons. The smallest absolute Gasteiger partial charge is 0.313 e. The third-order valence-corrected chi connectivity index (χ3v) is 2.62. The summed E-state index contributed by atoms with van der Waals surface area (Å²) in [7, 11) is 0. The molecule has 0 saturated carbocycles. The van der Waals surface area contributed by atoms with Crippen LogP contribution < -0.4 is 0 Å². The molecule has 1 N–H and O–H groups in total. The lowest BCUT2D eigenvalue weighted by Crippen LogP contribution is -2.20. The molecule has 2 rings (SSSR count). The van der Waals surface area contributed by atoms with Crippen LogP contribution in [0.5, 0.6) is 0 Å². The summed E-state index contributed by atoms with van der Waals surface area (Å²) in [5.74, 6) is -0.215. The van der Waals surface area contributed by atoms with E-state index in [-0.39, 0.29) is 11.9 Å². The number of carbonyl (C=O) groups excluding carboxylic acids is 1. The summed E-state index contributed by atoms with van der Waals surface area (Å²) in [6, 6.07) is 0. The second-order valence-corrected chi connectivity index (χ2v) is 3.50. The average molecular weight is 194 g/mol. The molecule has 14 heavy (non-hydrogen) atoms. The van der Waals surface area contributed by atoms with Crippen molar-refractivity contribution in [3.05, 3.63) is 17.5 Å². The van der Waals surface area contributed by atoms with E-state index in [1.54, 1.807) is 6.20 Å². The maximum Gasteiger partial charge on any atom is 0.313 e. The van der Waals surface area contributed by atoms with Gasteiger partial charge in [-0.05, 0) is 26.2 Å². The summed E-state index contributed by atoms with van der Waals surface area (Å²) in [6.07, 6.45) is 4.64. The van der Waals surface area contributed by atoms with Crippen LogP contribution in [0.4, 0.5) is 0 Å². The first-order valence-corrected chi connectivity index (χ1v) is 5.01. The number of hydrogen-bond donors (Lipinski definition) is 1. The van der Waals surface area contributed by atoms with E-state index in [2.05, 4.69) is 10.2 Å². The highest BCUT2D eigenvalue weighted by atomic mass is 16.5. The number of carbonyl (C=O) groups is 1. The molecule has 0 aliphatic heterocycles. The standard InChI is InChI=1S/C10H14N2O2/c1-2-14-10(13)7-4-3-5-9-8(7)6-11-12-9/h6-7H,2-5H2,1H3,(H,11,12). The first-order chi connectivity index (χ1) is 6.83. The quantitative estimate of drug-likeness (QED) is 0.724. The third-order valence-electron chi connectivity index (χ3n) is 2.62. The molecule has 1 aromatic rings. The van der Waals surface area contributed by atoms with Gasteiger partial charge in [-0.3, -0.25) is 9.89 Å². The predicted molar refractivity (Wildman–Crippen MR) is 50.9 cm³/mol. The molecule has 4 heteroatoms. The Balaban J connectivity index is 2.19. The van der Waals surface area contributed by atoms with Crippen LogP contribution in [0.25, 0.3) is 0 Å². The molecule has 0 aromatic carbocycles. The summed E-state index contributed by atoms with van der Waals surface area (Å²) in [5.41, 5.74) is 2.11. The van der Waals surface area contributed by atoms with E-state index < -0.39 is 0 Å². The Kier molecular flexibility index (Phi) is 2.52. The van der Waals surface area contributed by atoms with Gasteiger partial charge >= 0.3 is 5.97 Å². The fourth-order valence-electron chi connectivity index (χ4n) is 1.95. The lowest BCUT2D eigenvalue weighted by Gasteiger charge is -2.19. The van der Waals surface area contributed by atoms with Crippen molar-refractivity contribution < 1.29 is 9.53 Å². The summed E-state index contributed by atoms with van der Waals surface area (Å²) in [4.78, 5) is 11.6. The van der Waals surface area contributed by atoms with Crippen LogP contribution in [-0.2, 0) is 16.0 Å². The maximum atomic E-state index is 11.6. The summed E-state index contributed by atoms with van der Waals surface area (Å²) >= 11 is 0. The number of aromatic amines is 1. The van der Waals surface area contributed by atoms with E-state index in [1.807, 2.05) is 6.92 Å². The fourth-order valence-corrected chi connectivity index (χ4v) is 1.95. The van der Waals surface area contributed by atoms with E-state index in [1.165, 1.54) is 0 Å². The van der Waals surface area contributed by atoms with Crippen LogP contribution in [0.1, 0.15) is 36.9 Å². The Morgan fingerprint density at radius 3 is 3.43 bits per heavy atom. The van der Waals surface area contributed by atoms with Crippen molar-refractivity contribution in [2.24, 2.45) is 0 Å². The topological polar surface area (TPSA) is 55.0 Å². The SMILES string of the molecule is CCOC(=O)C1CCCc2[nH]ncc21. The molecule has 1 atom stereocenters. The van der Waals surface area contributed by atoms with Crippen LogP contribution in [-0.4, -0.2) is 22.8 Å². The number of hydrogen-bond acceptors (Lipinski definition) is 3. The highest BCUT2D eigenvalue weighted by molar-refractivity contribution is 5.78. The van der Waals surface area contributed by atoms with Crippen LogP contribution in [0.15, 0.2) is 6.20 Å². The molecule has 0 fully saturated rings. The number of nitrogens with one attached hydrogen (secondary N) is 1. The lowest BCUT2D eigenvalue weighted by molar-refractivity contribution is -0.145. The normalized spacial score (nSPS) is 20.2. The number of esters is 1. The number of ether oxygens (including phenoxy) is 1. The van der Waals surface area contributed by atoms with Crippen LogP contribution in [0.2, 0.25) is 0 Å². The maximum absolute atomic E-state index is 11.6. The van der Waals surface area contributed by atoms with Gasteiger partial charge in [0, 0.05) is 11.3 Å². The van der Waals surface area contributed by atoms with Gasteiger partial charge < -0.3 is 4.74 Å². The third kappa shape index (κ3) is 1.52. The Hall–Kier alpha value is -1.32. The van der Waals surface area contributed by atoms with Crippen molar-refractivity contribution >= 4 is 5.97 Å². The van der Waals surface area contributed by atoms with Crippen molar-refractivity contribution in [3.63, 3.8) is 0 Å². The second kappa shape index (κ2) is 3.82. The van der Waals surface area contributed by atoms with Gasteiger partial charge in [-0.1, -0.05) is 0 Å². The molecule has 1 heterocycles. The number of aryl methyl sites for hydroxylation is 1. The zero-order valence-corrected chi connectivity index (χ0v) is 8.25. The molecule has 0 spiro atoms. The van der Waals surface area contributed by atoms with E-state index in [0.717, 1.165) is 30.5 Å². The summed E-state index contributed by atoms with van der Waals surface area (Å²) < 4.78 is 5.03. The molecule has 0 amide bonds. The molecule has 0 bridgehead atoms. The summed E-state index contributed by atoms with van der Waals surface area (Å²) in [5, 5.41) is 6.89. The number of fused-ring (bicyclic) bond motifs is 1. The van der Waals surface area contributed by atoms with Gasteiger partial charge in [0.25, 0.3) is 0 Å². The van der Waals surface area contributed by atoms with Gasteiger partial charge in [0.1, 0.15) is 0 Å². The van der Waals surface area contributed by atoms with Crippen molar-refractivity contribution in [2.75, 3.05) is 6.61 Å². The highest BCUT2D eigenvalue weighted by Crippen LogP contribution is 2.30. The largest absolute Gasteiger partial charge is 0.466 e. The first-order valence-electron chi connectivity index (χ1n) is 5.01. The number of rotatable bonds is 2. The molecule has 76 valence electrons. The molecule has 0 saturated heterocycles. The molecule has 1 aromatic heterocycles. The van der Waals surface area contributed by atoms with Gasteiger partial charge in [0.15, 0.2) is 0 Å². The Bertz CT molecular complexity index is 333. The van der Waals surface area contributed by atoms with Crippen LogP contribution in [0, 0.1) is 0 Å². The molecule has 1 unspecified atom stereocenters. The van der Waals surface area contributed by atoms with Crippen molar-refractivity contribution in [1.82, 2.24) is 10.2 Å². The Morgan fingerprint density at radius 1 is 1.79 bits per heavy atom. The minimum atomic E-state index is -0.116. The van der Waals surface area contributed by atoms with Gasteiger partial charge in [-0.2, -0.15) is 5.10 Å². The minimum absolute atomic E-state index is 0.0996. The Morgan fingerprint density at radius 2 is 2.64 bits per heavy atom. The molecular formula is C10H14N2O2. The summed E-state index contributed by atoms with van der Waals surface area (Å²) in [6.45, 7) is 2.28. The number of aromatic nitrogens is 2. The molecule has 1 aliphatic carbocycles. The Labute approximate surface area is 82.7 Å². The van der Waals surface area contributed by atoms with Crippen molar-refractivity contribution in [1.29, 1.82) is 0 Å². The van der Waals surface area contributed by atoms with E-state index >= 15 is 0 Å². The molecule has 4 nitrogen and oxygen atoms in total. The van der Waals surface area contributed by atoms with E-state index in [0.29, 0.717) is 6.61 Å². The minimum Gasteiger partial charge on any atom is -0.466 e. The van der Waals surface area contributed by atoms with E-state index in [9.17, 15) is 4.79 Å². The first kappa shape index (κ1) is 9.24. The zero-order chi connectivity index (χ0) is 9.97. The van der Waals surface area contributed by atoms with Crippen LogP contribution in [0.3, 0.4) is 0 Å². The van der Waals surface area contributed by atoms with Crippen molar-refractivity contribution in [2.45, 2.75) is 32.1 Å². The number of H-pyrrole nitrogens is 1.